The molecule has 128 valence electrons. The molecular formula is C18H28N2O3. The first-order chi connectivity index (χ1) is 10.9. The van der Waals surface area contributed by atoms with Crippen molar-refractivity contribution in [1.29, 1.82) is 0 Å². The fourth-order valence-electron chi connectivity index (χ4n) is 2.28. The van der Waals surface area contributed by atoms with Crippen molar-refractivity contribution in [2.24, 2.45) is 0 Å². The number of carbonyl (C=O) groups excluding carboxylic acids is 2. The summed E-state index contributed by atoms with van der Waals surface area (Å²) < 4.78 is 5.15. The predicted molar refractivity (Wildman–Crippen MR) is 92.2 cm³/mol. The van der Waals surface area contributed by atoms with E-state index in [1.807, 2.05) is 56.0 Å². The van der Waals surface area contributed by atoms with E-state index in [-0.39, 0.29) is 24.0 Å². The molecule has 0 saturated heterocycles. The highest BCUT2D eigenvalue weighted by atomic mass is 16.5. The summed E-state index contributed by atoms with van der Waals surface area (Å²) in [4.78, 5) is 26.1. The van der Waals surface area contributed by atoms with Crippen molar-refractivity contribution in [2.45, 2.75) is 52.7 Å². The summed E-state index contributed by atoms with van der Waals surface area (Å²) in [6.07, 6.45) is 1.10. The molecule has 1 rings (SSSR count). The molecule has 0 aliphatic carbocycles. The maximum atomic E-state index is 12.4. The maximum Gasteiger partial charge on any atom is 0.307 e. The zero-order valence-corrected chi connectivity index (χ0v) is 14.5. The minimum absolute atomic E-state index is 0.0677. The Kier molecular flexibility index (Phi) is 8.33. The molecule has 5 heteroatoms. The topological polar surface area (TPSA) is 58.6 Å². The van der Waals surface area contributed by atoms with Gasteiger partial charge in [-0.15, -0.1) is 0 Å². The highest BCUT2D eigenvalue weighted by Gasteiger charge is 2.21. The van der Waals surface area contributed by atoms with Crippen LogP contribution in [0.1, 0.15) is 40.5 Å². The van der Waals surface area contributed by atoms with Crippen LogP contribution >= 0.6 is 0 Å². The van der Waals surface area contributed by atoms with Gasteiger partial charge in [0.15, 0.2) is 0 Å². The average molecular weight is 320 g/mol. The lowest BCUT2D eigenvalue weighted by Gasteiger charge is -2.27. The molecule has 0 aromatic heterocycles. The van der Waals surface area contributed by atoms with Crippen molar-refractivity contribution in [1.82, 2.24) is 4.90 Å². The highest BCUT2D eigenvalue weighted by molar-refractivity contribution is 5.94. The molecule has 23 heavy (non-hydrogen) atoms. The first-order valence-electron chi connectivity index (χ1n) is 8.23. The maximum absolute atomic E-state index is 12.4. The minimum atomic E-state index is -0.304. The van der Waals surface area contributed by atoms with Gasteiger partial charge in [-0.25, -0.2) is 0 Å². The Labute approximate surface area is 139 Å². The lowest BCUT2D eigenvalue weighted by Crippen LogP contribution is -2.43. The van der Waals surface area contributed by atoms with Crippen LogP contribution in [0, 0.1) is 0 Å². The van der Waals surface area contributed by atoms with Crippen molar-refractivity contribution >= 4 is 17.6 Å². The second-order valence-electron chi connectivity index (χ2n) is 5.86. The number of benzene rings is 1. The van der Waals surface area contributed by atoms with Gasteiger partial charge in [-0.2, -0.15) is 0 Å². The molecule has 0 spiro atoms. The third-order valence-corrected chi connectivity index (χ3v) is 3.45. The van der Waals surface area contributed by atoms with Crippen molar-refractivity contribution in [2.75, 3.05) is 18.4 Å². The number of rotatable bonds is 9. The fourth-order valence-corrected chi connectivity index (χ4v) is 2.28. The van der Waals surface area contributed by atoms with Crippen LogP contribution in [0.5, 0.6) is 0 Å². The summed E-state index contributed by atoms with van der Waals surface area (Å²) in [6.45, 7) is 8.86. The fraction of sp³-hybridized carbons (Fsp3) is 0.556. The van der Waals surface area contributed by atoms with E-state index in [1.165, 1.54) is 0 Å². The number of anilines is 1. The molecule has 1 N–H and O–H groups in total. The van der Waals surface area contributed by atoms with E-state index in [0.29, 0.717) is 13.0 Å². The van der Waals surface area contributed by atoms with Crippen LogP contribution < -0.4 is 5.32 Å². The minimum Gasteiger partial charge on any atom is -0.463 e. The molecule has 1 atom stereocenters. The molecule has 1 aromatic carbocycles. The number of nitrogens with zero attached hydrogens (tertiary/aromatic N) is 1. The molecular weight excluding hydrogens is 292 g/mol. The van der Waals surface area contributed by atoms with E-state index in [4.69, 9.17) is 4.74 Å². The Morgan fingerprint density at radius 3 is 2.35 bits per heavy atom. The van der Waals surface area contributed by atoms with Crippen LogP contribution in [0.3, 0.4) is 0 Å². The van der Waals surface area contributed by atoms with Crippen molar-refractivity contribution in [3.8, 4) is 0 Å². The Morgan fingerprint density at radius 1 is 1.13 bits per heavy atom. The van der Waals surface area contributed by atoms with Crippen molar-refractivity contribution < 1.29 is 14.3 Å². The lowest BCUT2D eigenvalue weighted by molar-refractivity contribution is -0.148. The third-order valence-electron chi connectivity index (χ3n) is 3.45. The van der Waals surface area contributed by atoms with Gasteiger partial charge >= 0.3 is 5.97 Å². The van der Waals surface area contributed by atoms with Crippen LogP contribution in [0.4, 0.5) is 5.69 Å². The normalized spacial score (nSPS) is 12.3. The van der Waals surface area contributed by atoms with Crippen LogP contribution in [0.2, 0.25) is 0 Å². The summed E-state index contributed by atoms with van der Waals surface area (Å²) in [5, 5.41) is 2.90. The quantitative estimate of drug-likeness (QED) is 0.710. The monoisotopic (exact) mass is 320 g/mol. The number of amides is 1. The summed E-state index contributed by atoms with van der Waals surface area (Å²) >= 11 is 0. The number of hydrogen-bond acceptors (Lipinski definition) is 4. The van der Waals surface area contributed by atoms with E-state index in [2.05, 4.69) is 12.2 Å². The average Bonchev–Trinajstić information content (AvgIpc) is 2.51. The lowest BCUT2D eigenvalue weighted by atomic mass is 10.2. The molecule has 1 amide bonds. The van der Waals surface area contributed by atoms with Crippen LogP contribution in [0.25, 0.3) is 0 Å². The third kappa shape index (κ3) is 7.28. The zero-order valence-electron chi connectivity index (χ0n) is 14.5. The number of hydrogen-bond donors (Lipinski definition) is 1. The SMILES string of the molecule is CCCN(CCC(=O)OC(C)C)C(C)C(=O)Nc1ccccc1. The van der Waals surface area contributed by atoms with Crippen LogP contribution in [-0.2, 0) is 14.3 Å². The van der Waals surface area contributed by atoms with Gasteiger partial charge in [0.1, 0.15) is 0 Å². The standard InChI is InChI=1S/C18H28N2O3/c1-5-12-20(13-11-17(21)23-14(2)3)15(4)18(22)19-16-9-7-6-8-10-16/h6-10,14-15H,5,11-13H2,1-4H3,(H,19,22). The molecule has 1 unspecified atom stereocenters. The van der Waals surface area contributed by atoms with E-state index < -0.39 is 0 Å². The summed E-state index contributed by atoms with van der Waals surface area (Å²) in [6, 6.07) is 9.08. The van der Waals surface area contributed by atoms with Crippen molar-refractivity contribution in [3.05, 3.63) is 30.3 Å². The predicted octanol–water partition coefficient (Wildman–Crippen LogP) is 3.07. The van der Waals surface area contributed by atoms with E-state index in [1.54, 1.807) is 0 Å². The second-order valence-corrected chi connectivity index (χ2v) is 5.86. The molecule has 0 aliphatic rings. The molecule has 0 heterocycles. The van der Waals surface area contributed by atoms with Crippen LogP contribution in [0.15, 0.2) is 30.3 Å². The van der Waals surface area contributed by atoms with Gasteiger partial charge in [0.25, 0.3) is 0 Å². The second kappa shape index (κ2) is 10.0. The van der Waals surface area contributed by atoms with E-state index in [0.717, 1.165) is 18.7 Å². The van der Waals surface area contributed by atoms with Gasteiger partial charge in [-0.3, -0.25) is 14.5 Å². The Balaban J connectivity index is 2.57. The van der Waals surface area contributed by atoms with Crippen molar-refractivity contribution in [3.63, 3.8) is 0 Å². The summed E-state index contributed by atoms with van der Waals surface area (Å²) in [5.41, 5.74) is 0.778. The smallest absolute Gasteiger partial charge is 0.307 e. The Morgan fingerprint density at radius 2 is 1.78 bits per heavy atom. The summed E-state index contributed by atoms with van der Waals surface area (Å²) in [7, 11) is 0. The molecule has 0 radical (unpaired) electrons. The number of carbonyl (C=O) groups is 2. The van der Waals surface area contributed by atoms with Gasteiger partial charge in [0, 0.05) is 12.2 Å². The molecule has 5 nitrogen and oxygen atoms in total. The number of esters is 1. The largest absolute Gasteiger partial charge is 0.463 e. The van der Waals surface area contributed by atoms with E-state index in [9.17, 15) is 9.59 Å². The molecule has 0 saturated carbocycles. The highest BCUT2D eigenvalue weighted by Crippen LogP contribution is 2.09. The number of nitrogens with one attached hydrogen (secondary N) is 1. The number of para-hydroxylation sites is 1. The Hall–Kier alpha value is -1.88. The molecule has 1 aromatic rings. The van der Waals surface area contributed by atoms with Crippen LogP contribution in [-0.4, -0.2) is 42.0 Å². The first kappa shape index (κ1) is 19.2. The zero-order chi connectivity index (χ0) is 17.2. The van der Waals surface area contributed by atoms with Gasteiger partial charge < -0.3 is 10.1 Å². The molecule has 0 aliphatic heterocycles. The molecule has 0 bridgehead atoms. The van der Waals surface area contributed by atoms with Gasteiger partial charge in [-0.05, 0) is 45.9 Å². The molecule has 0 fully saturated rings. The number of ether oxygens (including phenoxy) is 1. The van der Waals surface area contributed by atoms with E-state index >= 15 is 0 Å². The summed E-state index contributed by atoms with van der Waals surface area (Å²) in [5.74, 6) is -0.293. The first-order valence-corrected chi connectivity index (χ1v) is 8.23. The van der Waals surface area contributed by atoms with Gasteiger partial charge in [0.2, 0.25) is 5.91 Å². The Bertz CT molecular complexity index is 488. The van der Waals surface area contributed by atoms with Gasteiger partial charge in [-0.1, -0.05) is 25.1 Å². The van der Waals surface area contributed by atoms with Gasteiger partial charge in [0.05, 0.1) is 18.6 Å².